The number of methoxy groups -OCH3 is 1. The number of nitrogens with one attached hydrogen (secondary N) is 1. The zero-order chi connectivity index (χ0) is 19.4. The molecule has 2 aromatic carbocycles. The molecule has 1 heterocycles. The number of hydrogen-bond acceptors (Lipinski definition) is 3. The number of rotatable bonds is 7. The summed E-state index contributed by atoms with van der Waals surface area (Å²) in [6, 6.07) is 13.7. The second-order valence-electron chi connectivity index (χ2n) is 6.20. The third kappa shape index (κ3) is 4.11. The average molecular weight is 431 g/mol. The Balaban J connectivity index is 1.70. The largest absolute Gasteiger partial charge is 0.493 e. The van der Waals surface area contributed by atoms with Crippen LogP contribution in [0.15, 0.2) is 46.9 Å². The first-order valence-corrected chi connectivity index (χ1v) is 9.64. The van der Waals surface area contributed by atoms with E-state index >= 15 is 0 Å². The van der Waals surface area contributed by atoms with Gasteiger partial charge in [0.15, 0.2) is 11.5 Å². The van der Waals surface area contributed by atoms with Gasteiger partial charge in [0.05, 0.1) is 13.7 Å². The number of halogens is 1. The highest BCUT2D eigenvalue weighted by molar-refractivity contribution is 9.10. The summed E-state index contributed by atoms with van der Waals surface area (Å²) in [7, 11) is 1.61. The second kappa shape index (κ2) is 8.48. The Morgan fingerprint density at radius 2 is 1.96 bits per heavy atom. The minimum Gasteiger partial charge on any atom is -0.493 e. The molecule has 0 aliphatic rings. The molecule has 3 aromatic rings. The number of fused-ring (bicyclic) bond motifs is 1. The number of hydrogen-bond donors (Lipinski definition) is 1. The van der Waals surface area contributed by atoms with Crippen molar-refractivity contribution >= 4 is 32.7 Å². The number of ether oxygens (including phenoxy) is 2. The fraction of sp³-hybridized carbons (Fsp3) is 0.286. The lowest BCUT2D eigenvalue weighted by atomic mass is 10.2. The molecule has 0 saturated carbocycles. The summed E-state index contributed by atoms with van der Waals surface area (Å²) in [6.45, 7) is 5.22. The maximum absolute atomic E-state index is 12.5. The zero-order valence-electron chi connectivity index (χ0n) is 15.7. The number of aromatic nitrogens is 1. The van der Waals surface area contributed by atoms with E-state index in [9.17, 15) is 4.79 Å². The molecule has 0 unspecified atom stereocenters. The predicted molar refractivity (Wildman–Crippen MR) is 110 cm³/mol. The van der Waals surface area contributed by atoms with Crippen molar-refractivity contribution in [3.05, 3.63) is 58.2 Å². The van der Waals surface area contributed by atoms with Crippen LogP contribution in [0.3, 0.4) is 0 Å². The van der Waals surface area contributed by atoms with Gasteiger partial charge in [-0.15, -0.1) is 0 Å². The molecule has 142 valence electrons. The molecule has 6 heteroatoms. The molecule has 0 aliphatic heterocycles. The molecular weight excluding hydrogens is 408 g/mol. The van der Waals surface area contributed by atoms with Gasteiger partial charge in [-0.05, 0) is 53.5 Å². The first-order valence-electron chi connectivity index (χ1n) is 8.84. The number of carbonyl (C=O) groups excluding carboxylic acids is 1. The summed E-state index contributed by atoms with van der Waals surface area (Å²) in [5.41, 5.74) is 3.03. The highest BCUT2D eigenvalue weighted by Gasteiger charge is 2.14. The van der Waals surface area contributed by atoms with E-state index in [0.29, 0.717) is 24.7 Å². The molecule has 0 radical (unpaired) electrons. The third-order valence-corrected chi connectivity index (χ3v) is 5.47. The topological polar surface area (TPSA) is 52.5 Å². The third-order valence-electron chi connectivity index (χ3n) is 4.47. The maximum atomic E-state index is 12.5. The minimum absolute atomic E-state index is 0.0424. The Hall–Kier alpha value is -2.47. The van der Waals surface area contributed by atoms with Gasteiger partial charge in [0.25, 0.3) is 0 Å². The summed E-state index contributed by atoms with van der Waals surface area (Å²) in [4.78, 5) is 12.5. The Morgan fingerprint density at radius 3 is 2.70 bits per heavy atom. The van der Waals surface area contributed by atoms with Gasteiger partial charge in [-0.3, -0.25) is 4.79 Å². The number of carbonyl (C=O) groups is 1. The molecule has 0 saturated heterocycles. The Labute approximate surface area is 167 Å². The van der Waals surface area contributed by atoms with E-state index in [1.165, 1.54) is 0 Å². The van der Waals surface area contributed by atoms with E-state index in [1.54, 1.807) is 7.11 Å². The van der Waals surface area contributed by atoms with Crippen LogP contribution in [0.5, 0.6) is 11.5 Å². The van der Waals surface area contributed by atoms with Crippen molar-refractivity contribution in [3.8, 4) is 11.5 Å². The molecule has 1 N–H and O–H groups in total. The maximum Gasteiger partial charge on any atom is 0.240 e. The van der Waals surface area contributed by atoms with Crippen LogP contribution < -0.4 is 14.8 Å². The van der Waals surface area contributed by atoms with Crippen LogP contribution in [0.1, 0.15) is 18.2 Å². The van der Waals surface area contributed by atoms with E-state index in [2.05, 4.69) is 21.2 Å². The van der Waals surface area contributed by atoms with Crippen molar-refractivity contribution < 1.29 is 14.3 Å². The van der Waals surface area contributed by atoms with Gasteiger partial charge in [0.2, 0.25) is 5.91 Å². The molecule has 0 fully saturated rings. The van der Waals surface area contributed by atoms with Crippen molar-refractivity contribution in [1.29, 1.82) is 0 Å². The molecule has 0 aliphatic carbocycles. The number of nitrogens with zero attached hydrogens (tertiary/aromatic N) is 1. The van der Waals surface area contributed by atoms with Crippen LogP contribution in [-0.2, 0) is 17.9 Å². The standard InChI is InChI=1S/C21H23BrN2O3/c1-4-27-18-10-9-15(11-19(18)26-3)12-23-20(25)13-24-14(2)21(22)16-7-5-6-8-17(16)24/h5-11H,4,12-13H2,1-3H3,(H,23,25). The first kappa shape index (κ1) is 19.3. The van der Waals surface area contributed by atoms with Crippen LogP contribution in [-0.4, -0.2) is 24.2 Å². The van der Waals surface area contributed by atoms with E-state index in [4.69, 9.17) is 9.47 Å². The number of para-hydroxylation sites is 1. The Kier molecular flexibility index (Phi) is 6.06. The summed E-state index contributed by atoms with van der Waals surface area (Å²) in [6.07, 6.45) is 0. The van der Waals surface area contributed by atoms with Crippen molar-refractivity contribution in [3.63, 3.8) is 0 Å². The van der Waals surface area contributed by atoms with Gasteiger partial charge in [-0.25, -0.2) is 0 Å². The van der Waals surface area contributed by atoms with Crippen LogP contribution in [0.2, 0.25) is 0 Å². The fourth-order valence-corrected chi connectivity index (χ4v) is 3.64. The van der Waals surface area contributed by atoms with Crippen molar-refractivity contribution in [1.82, 2.24) is 9.88 Å². The first-order chi connectivity index (χ1) is 13.0. The van der Waals surface area contributed by atoms with E-state index in [1.807, 2.05) is 60.9 Å². The highest BCUT2D eigenvalue weighted by Crippen LogP contribution is 2.30. The van der Waals surface area contributed by atoms with Gasteiger partial charge in [0, 0.05) is 27.6 Å². The lowest BCUT2D eigenvalue weighted by molar-refractivity contribution is -0.121. The lowest BCUT2D eigenvalue weighted by Crippen LogP contribution is -2.27. The molecule has 1 aromatic heterocycles. The highest BCUT2D eigenvalue weighted by atomic mass is 79.9. The lowest BCUT2D eigenvalue weighted by Gasteiger charge is -2.12. The van der Waals surface area contributed by atoms with E-state index in [-0.39, 0.29) is 12.5 Å². The van der Waals surface area contributed by atoms with Crippen LogP contribution >= 0.6 is 15.9 Å². The normalized spacial score (nSPS) is 10.8. The fourth-order valence-electron chi connectivity index (χ4n) is 3.09. The molecule has 0 atom stereocenters. The summed E-state index contributed by atoms with van der Waals surface area (Å²) in [5, 5.41) is 4.09. The number of benzene rings is 2. The van der Waals surface area contributed by atoms with Crippen LogP contribution in [0, 0.1) is 6.92 Å². The Bertz CT molecular complexity index is 965. The quantitative estimate of drug-likeness (QED) is 0.602. The van der Waals surface area contributed by atoms with Crippen molar-refractivity contribution in [2.24, 2.45) is 0 Å². The van der Waals surface area contributed by atoms with E-state index in [0.717, 1.165) is 26.6 Å². The molecule has 27 heavy (non-hydrogen) atoms. The zero-order valence-corrected chi connectivity index (χ0v) is 17.3. The SMILES string of the molecule is CCOc1ccc(CNC(=O)Cn2c(C)c(Br)c3ccccc32)cc1OC. The molecule has 0 spiro atoms. The summed E-state index contributed by atoms with van der Waals surface area (Å²) in [5.74, 6) is 1.33. The summed E-state index contributed by atoms with van der Waals surface area (Å²) < 4.78 is 13.9. The molecule has 1 amide bonds. The van der Waals surface area contributed by atoms with Crippen molar-refractivity contribution in [2.45, 2.75) is 26.9 Å². The monoisotopic (exact) mass is 430 g/mol. The predicted octanol–water partition coefficient (Wildman–Crippen LogP) is 4.44. The molecular formula is C21H23BrN2O3. The van der Waals surface area contributed by atoms with Crippen LogP contribution in [0.4, 0.5) is 0 Å². The smallest absolute Gasteiger partial charge is 0.240 e. The summed E-state index contributed by atoms with van der Waals surface area (Å²) >= 11 is 3.62. The van der Waals surface area contributed by atoms with Gasteiger partial charge in [-0.1, -0.05) is 24.3 Å². The average Bonchev–Trinajstić information content (AvgIpc) is 2.92. The molecule has 5 nitrogen and oxygen atoms in total. The van der Waals surface area contributed by atoms with E-state index < -0.39 is 0 Å². The van der Waals surface area contributed by atoms with Crippen LogP contribution in [0.25, 0.3) is 10.9 Å². The molecule has 3 rings (SSSR count). The van der Waals surface area contributed by atoms with Gasteiger partial charge in [0.1, 0.15) is 6.54 Å². The second-order valence-corrected chi connectivity index (χ2v) is 6.99. The van der Waals surface area contributed by atoms with Gasteiger partial charge in [-0.2, -0.15) is 0 Å². The minimum atomic E-state index is -0.0424. The van der Waals surface area contributed by atoms with Crippen molar-refractivity contribution in [2.75, 3.05) is 13.7 Å². The van der Waals surface area contributed by atoms with Gasteiger partial charge >= 0.3 is 0 Å². The Morgan fingerprint density at radius 1 is 1.19 bits per heavy atom. The molecule has 0 bridgehead atoms. The van der Waals surface area contributed by atoms with Gasteiger partial charge < -0.3 is 19.4 Å². The number of amides is 1.